The van der Waals surface area contributed by atoms with Gasteiger partial charge in [0.2, 0.25) is 11.8 Å². The zero-order valence-corrected chi connectivity index (χ0v) is 19.1. The minimum atomic E-state index is -0.900. The minimum Gasteiger partial charge on any atom is -0.458 e. The lowest BCUT2D eigenvalue weighted by Crippen LogP contribution is -2.41. The number of anilines is 1. The maximum Gasteiger partial charge on any atom is 0.256 e. The Morgan fingerprint density at radius 3 is 2.65 bits per heavy atom. The molecule has 0 bridgehead atoms. The van der Waals surface area contributed by atoms with Gasteiger partial charge in [0.25, 0.3) is 5.91 Å². The summed E-state index contributed by atoms with van der Waals surface area (Å²) in [5, 5.41) is 7.64. The van der Waals surface area contributed by atoms with Crippen molar-refractivity contribution in [3.63, 3.8) is 0 Å². The topological polar surface area (TPSA) is 105 Å². The molecule has 0 radical (unpaired) electrons. The van der Waals surface area contributed by atoms with E-state index < -0.39 is 17.5 Å². The van der Waals surface area contributed by atoms with Crippen LogP contribution in [0.5, 0.6) is 0 Å². The second-order valence-corrected chi connectivity index (χ2v) is 8.75. The molecule has 0 atom stereocenters. The molecule has 178 valence electrons. The summed E-state index contributed by atoms with van der Waals surface area (Å²) >= 11 is 1.26. The van der Waals surface area contributed by atoms with Crippen molar-refractivity contribution in [3.8, 4) is 11.5 Å². The van der Waals surface area contributed by atoms with Crippen LogP contribution < -0.4 is 10.6 Å². The number of amides is 3. The summed E-state index contributed by atoms with van der Waals surface area (Å²) in [4.78, 5) is 42.1. The lowest BCUT2D eigenvalue weighted by molar-refractivity contribution is -0.121. The Hall–Kier alpha value is -3.60. The average molecular weight is 489 g/mol. The van der Waals surface area contributed by atoms with Gasteiger partial charge in [-0.2, -0.15) is 0 Å². The van der Waals surface area contributed by atoms with Gasteiger partial charge in [-0.1, -0.05) is 0 Å². The largest absolute Gasteiger partial charge is 0.458 e. The van der Waals surface area contributed by atoms with Crippen molar-refractivity contribution in [3.05, 3.63) is 58.7 Å². The van der Waals surface area contributed by atoms with Crippen LogP contribution in [0.2, 0.25) is 0 Å². The first-order valence-electron chi connectivity index (χ1n) is 10.6. The van der Waals surface area contributed by atoms with Crippen molar-refractivity contribution in [1.82, 2.24) is 15.2 Å². The Labute approximate surface area is 198 Å². The predicted molar refractivity (Wildman–Crippen MR) is 121 cm³/mol. The van der Waals surface area contributed by atoms with Crippen LogP contribution in [0.15, 0.2) is 40.1 Å². The molecule has 4 rings (SSSR count). The molecule has 34 heavy (non-hydrogen) atoms. The molecule has 2 N–H and O–H groups in total. The highest BCUT2D eigenvalue weighted by molar-refractivity contribution is 7.14. The number of likely N-dealkylation sites (tertiary alicyclic amines) is 1. The van der Waals surface area contributed by atoms with Crippen LogP contribution in [0.25, 0.3) is 11.5 Å². The van der Waals surface area contributed by atoms with Gasteiger partial charge in [-0.3, -0.25) is 14.4 Å². The molecule has 3 heterocycles. The summed E-state index contributed by atoms with van der Waals surface area (Å²) in [6.07, 6.45) is 0.840. The lowest BCUT2D eigenvalue weighted by Gasteiger charge is -2.31. The number of carbonyl (C=O) groups excluding carboxylic acids is 3. The Morgan fingerprint density at radius 1 is 1.18 bits per heavy atom. The fourth-order valence-electron chi connectivity index (χ4n) is 3.65. The van der Waals surface area contributed by atoms with Crippen LogP contribution in [-0.2, 0) is 16.1 Å². The third-order valence-corrected chi connectivity index (χ3v) is 6.23. The quantitative estimate of drug-likeness (QED) is 0.549. The second-order valence-electron chi connectivity index (χ2n) is 7.89. The van der Waals surface area contributed by atoms with E-state index in [0.29, 0.717) is 54.3 Å². The van der Waals surface area contributed by atoms with Crippen LogP contribution >= 0.6 is 11.3 Å². The van der Waals surface area contributed by atoms with E-state index in [2.05, 4.69) is 15.6 Å². The molecule has 3 amide bonds. The molecule has 0 unspecified atom stereocenters. The summed E-state index contributed by atoms with van der Waals surface area (Å²) in [6.45, 7) is 2.28. The zero-order chi connectivity index (χ0) is 24.2. The Kier molecular flexibility index (Phi) is 7.01. The van der Waals surface area contributed by atoms with E-state index in [4.69, 9.17) is 4.42 Å². The molecule has 0 aliphatic carbocycles. The summed E-state index contributed by atoms with van der Waals surface area (Å²) < 4.78 is 32.7. The number of rotatable bonds is 6. The van der Waals surface area contributed by atoms with E-state index in [9.17, 15) is 23.2 Å². The number of piperidine rings is 1. The maximum absolute atomic E-state index is 13.9. The van der Waals surface area contributed by atoms with E-state index in [1.807, 2.05) is 0 Å². The van der Waals surface area contributed by atoms with Gasteiger partial charge < -0.3 is 20.0 Å². The Morgan fingerprint density at radius 2 is 1.94 bits per heavy atom. The Bertz CT molecular complexity index is 1220. The zero-order valence-electron chi connectivity index (χ0n) is 18.3. The highest BCUT2D eigenvalue weighted by atomic mass is 32.1. The van der Waals surface area contributed by atoms with E-state index in [-0.39, 0.29) is 29.8 Å². The van der Waals surface area contributed by atoms with Gasteiger partial charge in [0.05, 0.1) is 12.1 Å². The van der Waals surface area contributed by atoms with Crippen molar-refractivity contribution in [2.45, 2.75) is 26.3 Å². The number of benzene rings is 1. The Balaban J connectivity index is 1.30. The number of nitrogens with zero attached hydrogens (tertiary/aromatic N) is 2. The average Bonchev–Trinajstić information content (AvgIpc) is 3.47. The molecule has 2 aromatic heterocycles. The summed E-state index contributed by atoms with van der Waals surface area (Å²) in [6, 6.07) is 6.35. The number of aromatic nitrogens is 1. The van der Waals surface area contributed by atoms with Crippen molar-refractivity contribution in [2.75, 3.05) is 18.4 Å². The van der Waals surface area contributed by atoms with Crippen LogP contribution in [0, 0.1) is 17.6 Å². The number of hydrogen-bond acceptors (Lipinski definition) is 6. The molecule has 3 aromatic rings. The van der Waals surface area contributed by atoms with Crippen molar-refractivity contribution in [2.24, 2.45) is 5.92 Å². The summed E-state index contributed by atoms with van der Waals surface area (Å²) in [7, 11) is 0. The first kappa shape index (κ1) is 23.6. The van der Waals surface area contributed by atoms with Gasteiger partial charge in [-0.25, -0.2) is 13.8 Å². The number of furan rings is 1. The van der Waals surface area contributed by atoms with Gasteiger partial charge in [-0.15, -0.1) is 11.3 Å². The normalized spacial score (nSPS) is 14.1. The van der Waals surface area contributed by atoms with Gasteiger partial charge in [0, 0.05) is 37.4 Å². The third kappa shape index (κ3) is 5.48. The smallest absolute Gasteiger partial charge is 0.256 e. The second kappa shape index (κ2) is 10.1. The SMILES string of the molecule is CC(=O)NCc1ccc(-c2csc(NC(=O)C3CCN(C(=O)c4ccc(F)cc4F)CC3)n2)o1. The molecule has 1 aromatic carbocycles. The molecule has 0 spiro atoms. The fourth-order valence-corrected chi connectivity index (χ4v) is 4.35. The molecule has 1 aliphatic rings. The minimum absolute atomic E-state index is 0.158. The number of halogens is 2. The number of hydrogen-bond donors (Lipinski definition) is 2. The first-order valence-corrected chi connectivity index (χ1v) is 11.5. The van der Waals surface area contributed by atoms with E-state index in [1.165, 1.54) is 23.2 Å². The molecular formula is C23H22F2N4O4S. The van der Waals surface area contributed by atoms with Crippen LogP contribution in [-0.4, -0.2) is 40.7 Å². The van der Waals surface area contributed by atoms with E-state index in [1.54, 1.807) is 17.5 Å². The van der Waals surface area contributed by atoms with Crippen LogP contribution in [0.3, 0.4) is 0 Å². The van der Waals surface area contributed by atoms with Gasteiger partial charge >= 0.3 is 0 Å². The summed E-state index contributed by atoms with van der Waals surface area (Å²) in [5.74, 6) is -1.72. The number of carbonyl (C=O) groups is 3. The van der Waals surface area contributed by atoms with Crippen molar-refractivity contribution in [1.29, 1.82) is 0 Å². The molecule has 11 heteroatoms. The molecule has 0 saturated carbocycles. The van der Waals surface area contributed by atoms with Gasteiger partial charge in [-0.05, 0) is 37.1 Å². The first-order chi connectivity index (χ1) is 16.3. The lowest BCUT2D eigenvalue weighted by atomic mass is 9.95. The molecular weight excluding hydrogens is 466 g/mol. The molecule has 1 saturated heterocycles. The number of thiazole rings is 1. The van der Waals surface area contributed by atoms with Gasteiger partial charge in [0.15, 0.2) is 10.9 Å². The maximum atomic E-state index is 13.9. The monoisotopic (exact) mass is 488 g/mol. The van der Waals surface area contributed by atoms with Crippen LogP contribution in [0.1, 0.15) is 35.9 Å². The standard InChI is InChI=1S/C23H22F2N4O4S/c1-13(30)26-11-16-3-5-20(33-16)19-12-34-23(27-19)28-21(31)14-6-8-29(9-7-14)22(32)17-4-2-15(24)10-18(17)25/h2-5,10,12,14H,6-9,11H2,1H3,(H,26,30)(H,27,28,31). The summed E-state index contributed by atoms with van der Waals surface area (Å²) in [5.41, 5.74) is 0.383. The fraction of sp³-hybridized carbons (Fsp3) is 0.304. The van der Waals surface area contributed by atoms with Gasteiger partial charge in [0.1, 0.15) is 23.1 Å². The van der Waals surface area contributed by atoms with Crippen LogP contribution in [0.4, 0.5) is 13.9 Å². The molecule has 8 nitrogen and oxygen atoms in total. The number of nitrogens with one attached hydrogen (secondary N) is 2. The van der Waals surface area contributed by atoms with E-state index in [0.717, 1.165) is 12.1 Å². The van der Waals surface area contributed by atoms with E-state index >= 15 is 0 Å². The van der Waals surface area contributed by atoms with Crippen molar-refractivity contribution < 1.29 is 27.6 Å². The highest BCUT2D eigenvalue weighted by Gasteiger charge is 2.29. The third-order valence-electron chi connectivity index (χ3n) is 5.47. The predicted octanol–water partition coefficient (Wildman–Crippen LogP) is 3.81. The molecule has 1 aliphatic heterocycles. The molecule has 1 fully saturated rings. The van der Waals surface area contributed by atoms with Crippen molar-refractivity contribution >= 4 is 34.2 Å². The highest BCUT2D eigenvalue weighted by Crippen LogP contribution is 2.28.